The number of nitrogens with zero attached hydrogens (tertiary/aromatic N) is 4. The van der Waals surface area contributed by atoms with Gasteiger partial charge in [0.1, 0.15) is 11.6 Å². The van der Waals surface area contributed by atoms with Crippen molar-refractivity contribution in [3.63, 3.8) is 0 Å². The molecule has 0 saturated carbocycles. The number of benzene rings is 1. The van der Waals surface area contributed by atoms with E-state index in [0.717, 1.165) is 29.1 Å². The Morgan fingerprint density at radius 3 is 2.57 bits per heavy atom. The molecular formula is C19H16ClF3N4O. The predicted molar refractivity (Wildman–Crippen MR) is 97.4 cm³/mol. The van der Waals surface area contributed by atoms with Crippen LogP contribution in [0.15, 0.2) is 30.6 Å². The Balaban J connectivity index is 1.82. The molecule has 0 spiro atoms. The summed E-state index contributed by atoms with van der Waals surface area (Å²) in [5.74, 6) is 1.59. The van der Waals surface area contributed by atoms with Crippen molar-refractivity contribution in [3.8, 4) is 16.8 Å². The molecule has 1 aliphatic heterocycles. The smallest absolute Gasteiger partial charge is 0.376 e. The van der Waals surface area contributed by atoms with E-state index >= 15 is 0 Å². The topological polar surface area (TPSA) is 63.8 Å². The summed E-state index contributed by atoms with van der Waals surface area (Å²) in [4.78, 5) is 3.89. The number of alkyl halides is 3. The summed E-state index contributed by atoms with van der Waals surface area (Å²) in [7, 11) is 0. The summed E-state index contributed by atoms with van der Waals surface area (Å²) < 4.78 is 41.5. The number of halogens is 4. The second-order valence-corrected chi connectivity index (χ2v) is 7.40. The van der Waals surface area contributed by atoms with E-state index in [2.05, 4.69) is 15.2 Å². The lowest BCUT2D eigenvalue weighted by Gasteiger charge is -2.27. The van der Waals surface area contributed by atoms with Crippen LogP contribution < -0.4 is 0 Å². The molecule has 1 N–H and O–H groups in total. The number of aryl methyl sites for hydroxylation is 3. The van der Waals surface area contributed by atoms with Gasteiger partial charge in [0.05, 0.1) is 10.7 Å². The number of rotatable bonds is 2. The first kappa shape index (κ1) is 18.9. The highest BCUT2D eigenvalue weighted by Gasteiger charge is 2.51. The summed E-state index contributed by atoms with van der Waals surface area (Å²) in [6.45, 7) is 2.55. The van der Waals surface area contributed by atoms with Gasteiger partial charge in [0, 0.05) is 35.5 Å². The van der Waals surface area contributed by atoms with Crippen molar-refractivity contribution >= 4 is 11.6 Å². The third-order valence-corrected chi connectivity index (χ3v) is 5.40. The first-order chi connectivity index (χ1) is 13.1. The van der Waals surface area contributed by atoms with Gasteiger partial charge >= 0.3 is 6.18 Å². The van der Waals surface area contributed by atoms with Gasteiger partial charge in [0.2, 0.25) is 0 Å². The fourth-order valence-electron chi connectivity index (χ4n) is 3.38. The van der Waals surface area contributed by atoms with Gasteiger partial charge in [-0.2, -0.15) is 13.2 Å². The van der Waals surface area contributed by atoms with Crippen LogP contribution in [0.2, 0.25) is 5.02 Å². The minimum absolute atomic E-state index is 0.344. The Hall–Kier alpha value is -2.45. The average molecular weight is 409 g/mol. The Bertz CT molecular complexity index is 1080. The highest BCUT2D eigenvalue weighted by atomic mass is 35.5. The van der Waals surface area contributed by atoms with Crippen molar-refractivity contribution in [2.45, 2.75) is 38.5 Å². The second kappa shape index (κ2) is 6.28. The van der Waals surface area contributed by atoms with Crippen molar-refractivity contribution in [1.82, 2.24) is 19.7 Å². The normalized spacial score (nSPS) is 15.7. The Kier molecular flexibility index (Phi) is 4.24. The number of pyridine rings is 1. The standard InChI is InChI=1S/C19H16ClF3N4O/c1-10-25-26-17-4-3-11-6-14(15(20)7-16(11)27(10)17)12-5-13(9-24-8-12)18(2,28)19(21,22)23/h5-9,28H,3-4H2,1-2H3/t18-/m0/s1. The van der Waals surface area contributed by atoms with Crippen LogP contribution in [0.25, 0.3) is 16.8 Å². The zero-order valence-corrected chi connectivity index (χ0v) is 15.8. The Labute approximate surface area is 163 Å². The summed E-state index contributed by atoms with van der Waals surface area (Å²) in [6.07, 6.45) is -0.964. The number of fused-ring (bicyclic) bond motifs is 3. The van der Waals surface area contributed by atoms with Gasteiger partial charge in [-0.25, -0.2) is 0 Å². The third-order valence-electron chi connectivity index (χ3n) is 5.08. The second-order valence-electron chi connectivity index (χ2n) is 6.99. The highest BCUT2D eigenvalue weighted by Crippen LogP contribution is 2.41. The maximum atomic E-state index is 13.2. The van der Waals surface area contributed by atoms with Crippen molar-refractivity contribution in [3.05, 3.63) is 58.4 Å². The number of aromatic nitrogens is 4. The lowest BCUT2D eigenvalue weighted by molar-refractivity contribution is -0.259. The zero-order valence-electron chi connectivity index (χ0n) is 15.0. The minimum Gasteiger partial charge on any atom is -0.376 e. The van der Waals surface area contributed by atoms with Crippen LogP contribution in [0.1, 0.15) is 29.7 Å². The molecule has 28 heavy (non-hydrogen) atoms. The van der Waals surface area contributed by atoms with E-state index < -0.39 is 11.8 Å². The van der Waals surface area contributed by atoms with Gasteiger partial charge in [-0.3, -0.25) is 9.55 Å². The van der Waals surface area contributed by atoms with Crippen LogP contribution in [0.3, 0.4) is 0 Å². The molecular weight excluding hydrogens is 393 g/mol. The first-order valence-electron chi connectivity index (χ1n) is 8.58. The van der Waals surface area contributed by atoms with Gasteiger partial charge in [0.25, 0.3) is 0 Å². The molecule has 5 nitrogen and oxygen atoms in total. The molecule has 3 aromatic rings. The maximum absolute atomic E-state index is 13.2. The molecule has 4 rings (SSSR count). The summed E-state index contributed by atoms with van der Waals surface area (Å²) in [6, 6.07) is 4.88. The van der Waals surface area contributed by atoms with Crippen LogP contribution in [0.5, 0.6) is 0 Å². The van der Waals surface area contributed by atoms with Gasteiger partial charge < -0.3 is 5.11 Å². The fraction of sp³-hybridized carbons (Fsp3) is 0.316. The average Bonchev–Trinajstić information content (AvgIpc) is 3.02. The fourth-order valence-corrected chi connectivity index (χ4v) is 3.65. The maximum Gasteiger partial charge on any atom is 0.421 e. The molecule has 146 valence electrons. The van der Waals surface area contributed by atoms with Crippen LogP contribution >= 0.6 is 11.6 Å². The first-order valence-corrected chi connectivity index (χ1v) is 8.96. The molecule has 0 unspecified atom stereocenters. The molecule has 0 amide bonds. The molecule has 1 aromatic carbocycles. The minimum atomic E-state index is -4.82. The summed E-state index contributed by atoms with van der Waals surface area (Å²) in [5.41, 5.74) is -0.538. The molecule has 1 atom stereocenters. The van der Waals surface area contributed by atoms with E-state index in [-0.39, 0.29) is 5.56 Å². The van der Waals surface area contributed by atoms with Crippen LogP contribution in [-0.4, -0.2) is 31.0 Å². The van der Waals surface area contributed by atoms with Crippen LogP contribution in [0.4, 0.5) is 13.2 Å². The van der Waals surface area contributed by atoms with E-state index in [4.69, 9.17) is 11.6 Å². The van der Waals surface area contributed by atoms with Crippen LogP contribution in [0, 0.1) is 6.92 Å². The van der Waals surface area contributed by atoms with Crippen molar-refractivity contribution in [2.75, 3.05) is 0 Å². The van der Waals surface area contributed by atoms with Gasteiger partial charge in [-0.05, 0) is 44.0 Å². The molecule has 0 fully saturated rings. The third kappa shape index (κ3) is 2.87. The molecule has 3 heterocycles. The van der Waals surface area contributed by atoms with Gasteiger partial charge in [-0.1, -0.05) is 11.6 Å². The SMILES string of the molecule is Cc1nnc2n1-c1cc(Cl)c(-c3cncc([C@](C)(O)C(F)(F)F)c3)cc1CC2. The molecule has 0 saturated heterocycles. The van der Waals surface area contributed by atoms with E-state index in [1.807, 2.05) is 17.6 Å². The summed E-state index contributed by atoms with van der Waals surface area (Å²) in [5, 5.41) is 18.6. The van der Waals surface area contributed by atoms with Gasteiger partial charge in [0.15, 0.2) is 5.60 Å². The lowest BCUT2D eigenvalue weighted by Crippen LogP contribution is -2.39. The largest absolute Gasteiger partial charge is 0.421 e. The number of hydrogen-bond acceptors (Lipinski definition) is 4. The predicted octanol–water partition coefficient (Wildman–Crippen LogP) is 4.16. The van der Waals surface area contributed by atoms with E-state index in [0.29, 0.717) is 35.9 Å². The Morgan fingerprint density at radius 1 is 1.11 bits per heavy atom. The van der Waals surface area contributed by atoms with E-state index in [1.54, 1.807) is 6.07 Å². The van der Waals surface area contributed by atoms with Crippen LogP contribution in [-0.2, 0) is 18.4 Å². The van der Waals surface area contributed by atoms with Gasteiger partial charge in [-0.15, -0.1) is 10.2 Å². The monoisotopic (exact) mass is 408 g/mol. The quantitative estimate of drug-likeness (QED) is 0.691. The van der Waals surface area contributed by atoms with E-state index in [9.17, 15) is 18.3 Å². The molecule has 0 bridgehead atoms. The number of hydrogen-bond donors (Lipinski definition) is 1. The van der Waals surface area contributed by atoms with Crippen molar-refractivity contribution in [2.24, 2.45) is 0 Å². The Morgan fingerprint density at radius 2 is 1.86 bits per heavy atom. The van der Waals surface area contributed by atoms with E-state index in [1.165, 1.54) is 12.3 Å². The molecule has 0 aliphatic carbocycles. The van der Waals surface area contributed by atoms with Crippen molar-refractivity contribution < 1.29 is 18.3 Å². The molecule has 2 aromatic heterocycles. The molecule has 0 radical (unpaired) electrons. The van der Waals surface area contributed by atoms with Crippen molar-refractivity contribution in [1.29, 1.82) is 0 Å². The lowest BCUT2D eigenvalue weighted by atomic mass is 9.93. The molecule has 9 heteroatoms. The number of aliphatic hydroxyl groups is 1. The molecule has 1 aliphatic rings. The highest BCUT2D eigenvalue weighted by molar-refractivity contribution is 6.33. The zero-order chi connectivity index (χ0) is 20.3. The summed E-state index contributed by atoms with van der Waals surface area (Å²) >= 11 is 6.47.